The SMILES string of the molecule is CC(O)CCC(=O)NC(c1ccccc1)C1CC1. The van der Waals surface area contributed by atoms with Gasteiger partial charge in [-0.25, -0.2) is 0 Å². The Kier molecular flexibility index (Phi) is 4.37. The molecule has 0 aliphatic heterocycles. The zero-order valence-corrected chi connectivity index (χ0v) is 10.8. The van der Waals surface area contributed by atoms with Crippen LogP contribution in [0.25, 0.3) is 0 Å². The molecular formula is C15H21NO2. The van der Waals surface area contributed by atoms with Crippen molar-refractivity contribution in [2.24, 2.45) is 5.92 Å². The molecule has 1 aromatic rings. The molecule has 2 N–H and O–H groups in total. The molecule has 0 heterocycles. The van der Waals surface area contributed by atoms with Crippen LogP contribution in [0.1, 0.15) is 44.2 Å². The highest BCUT2D eigenvalue weighted by molar-refractivity contribution is 5.76. The normalized spacial score (nSPS) is 18.1. The molecule has 1 fully saturated rings. The summed E-state index contributed by atoms with van der Waals surface area (Å²) in [5.41, 5.74) is 1.19. The van der Waals surface area contributed by atoms with Gasteiger partial charge in [0.2, 0.25) is 5.91 Å². The lowest BCUT2D eigenvalue weighted by atomic mass is 10.0. The zero-order valence-electron chi connectivity index (χ0n) is 10.8. The maximum atomic E-state index is 11.8. The molecular weight excluding hydrogens is 226 g/mol. The molecule has 1 amide bonds. The second-order valence-corrected chi connectivity index (χ2v) is 5.18. The van der Waals surface area contributed by atoms with Crippen molar-refractivity contribution in [3.05, 3.63) is 35.9 Å². The minimum atomic E-state index is -0.410. The fourth-order valence-electron chi connectivity index (χ4n) is 2.15. The highest BCUT2D eigenvalue weighted by Gasteiger charge is 2.33. The molecule has 3 heteroatoms. The molecule has 2 rings (SSSR count). The van der Waals surface area contributed by atoms with Crippen molar-refractivity contribution >= 4 is 5.91 Å². The first-order valence-corrected chi connectivity index (χ1v) is 6.69. The summed E-state index contributed by atoms with van der Waals surface area (Å²) in [6.45, 7) is 1.71. The van der Waals surface area contributed by atoms with Crippen LogP contribution in [0.3, 0.4) is 0 Å². The van der Waals surface area contributed by atoms with Crippen molar-refractivity contribution < 1.29 is 9.90 Å². The van der Waals surface area contributed by atoms with Crippen molar-refractivity contribution in [2.45, 2.75) is 44.8 Å². The fourth-order valence-corrected chi connectivity index (χ4v) is 2.15. The maximum Gasteiger partial charge on any atom is 0.220 e. The van der Waals surface area contributed by atoms with Gasteiger partial charge < -0.3 is 10.4 Å². The third-order valence-electron chi connectivity index (χ3n) is 3.36. The molecule has 2 atom stereocenters. The van der Waals surface area contributed by atoms with E-state index in [9.17, 15) is 9.90 Å². The van der Waals surface area contributed by atoms with Crippen molar-refractivity contribution in [3.63, 3.8) is 0 Å². The summed E-state index contributed by atoms with van der Waals surface area (Å²) in [4.78, 5) is 11.8. The van der Waals surface area contributed by atoms with Crippen LogP contribution in [0.2, 0.25) is 0 Å². The second kappa shape index (κ2) is 6.01. The van der Waals surface area contributed by atoms with Gasteiger partial charge in [-0.3, -0.25) is 4.79 Å². The molecule has 0 bridgehead atoms. The summed E-state index contributed by atoms with van der Waals surface area (Å²) >= 11 is 0. The Labute approximate surface area is 108 Å². The van der Waals surface area contributed by atoms with Crippen LogP contribution in [0.15, 0.2) is 30.3 Å². The summed E-state index contributed by atoms with van der Waals surface area (Å²) in [7, 11) is 0. The number of aliphatic hydroxyl groups excluding tert-OH is 1. The summed E-state index contributed by atoms with van der Waals surface area (Å²) in [5.74, 6) is 0.625. The number of carbonyl (C=O) groups is 1. The van der Waals surface area contributed by atoms with Crippen molar-refractivity contribution in [1.29, 1.82) is 0 Å². The van der Waals surface area contributed by atoms with Gasteiger partial charge in [-0.15, -0.1) is 0 Å². The lowest BCUT2D eigenvalue weighted by Gasteiger charge is -2.19. The van der Waals surface area contributed by atoms with E-state index in [1.54, 1.807) is 6.92 Å². The molecule has 0 spiro atoms. The van der Waals surface area contributed by atoms with Crippen LogP contribution in [-0.4, -0.2) is 17.1 Å². The molecule has 18 heavy (non-hydrogen) atoms. The third kappa shape index (κ3) is 3.84. The zero-order chi connectivity index (χ0) is 13.0. The Balaban J connectivity index is 1.93. The van der Waals surface area contributed by atoms with Gasteiger partial charge in [0, 0.05) is 6.42 Å². The van der Waals surface area contributed by atoms with E-state index >= 15 is 0 Å². The molecule has 1 aliphatic carbocycles. The van der Waals surface area contributed by atoms with E-state index in [-0.39, 0.29) is 11.9 Å². The lowest BCUT2D eigenvalue weighted by molar-refractivity contribution is -0.122. The predicted molar refractivity (Wildman–Crippen MR) is 71.0 cm³/mol. The number of hydrogen-bond donors (Lipinski definition) is 2. The Morgan fingerprint density at radius 1 is 1.39 bits per heavy atom. The number of aliphatic hydroxyl groups is 1. The van der Waals surface area contributed by atoms with Gasteiger partial charge in [-0.05, 0) is 37.7 Å². The number of amides is 1. The molecule has 0 aromatic heterocycles. The fraction of sp³-hybridized carbons (Fsp3) is 0.533. The van der Waals surface area contributed by atoms with Crippen molar-refractivity contribution in [3.8, 4) is 0 Å². The summed E-state index contributed by atoms with van der Waals surface area (Å²) in [6.07, 6.45) is 2.89. The van der Waals surface area contributed by atoms with Gasteiger partial charge in [-0.2, -0.15) is 0 Å². The smallest absolute Gasteiger partial charge is 0.220 e. The van der Waals surface area contributed by atoms with Gasteiger partial charge in [0.25, 0.3) is 0 Å². The van der Waals surface area contributed by atoms with Crippen LogP contribution in [0, 0.1) is 5.92 Å². The van der Waals surface area contributed by atoms with E-state index in [0.717, 1.165) is 0 Å². The average Bonchev–Trinajstić information content (AvgIpc) is 3.19. The summed E-state index contributed by atoms with van der Waals surface area (Å²) in [6, 6.07) is 10.3. The minimum Gasteiger partial charge on any atom is -0.393 e. The van der Waals surface area contributed by atoms with E-state index in [1.807, 2.05) is 18.2 Å². The summed E-state index contributed by atoms with van der Waals surface area (Å²) < 4.78 is 0. The summed E-state index contributed by atoms with van der Waals surface area (Å²) in [5, 5.41) is 12.3. The van der Waals surface area contributed by atoms with Crippen LogP contribution in [0.4, 0.5) is 0 Å². The molecule has 0 radical (unpaired) electrons. The minimum absolute atomic E-state index is 0.0386. The molecule has 0 saturated heterocycles. The molecule has 1 aromatic carbocycles. The quantitative estimate of drug-likeness (QED) is 0.811. The van der Waals surface area contributed by atoms with Crippen LogP contribution in [0.5, 0.6) is 0 Å². The predicted octanol–water partition coefficient (Wildman–Crippen LogP) is 2.41. The van der Waals surface area contributed by atoms with E-state index in [2.05, 4.69) is 17.4 Å². The first kappa shape index (κ1) is 13.1. The van der Waals surface area contributed by atoms with Crippen LogP contribution in [-0.2, 0) is 4.79 Å². The van der Waals surface area contributed by atoms with E-state index in [4.69, 9.17) is 0 Å². The van der Waals surface area contributed by atoms with Crippen molar-refractivity contribution in [2.75, 3.05) is 0 Å². The third-order valence-corrected chi connectivity index (χ3v) is 3.36. The Bertz CT molecular complexity index is 385. The van der Waals surface area contributed by atoms with Gasteiger partial charge >= 0.3 is 0 Å². The van der Waals surface area contributed by atoms with Gasteiger partial charge in [0.05, 0.1) is 12.1 Å². The Morgan fingerprint density at radius 2 is 2.06 bits per heavy atom. The highest BCUT2D eigenvalue weighted by atomic mass is 16.3. The van der Waals surface area contributed by atoms with Crippen molar-refractivity contribution in [1.82, 2.24) is 5.32 Å². The number of carbonyl (C=O) groups excluding carboxylic acids is 1. The second-order valence-electron chi connectivity index (χ2n) is 5.18. The average molecular weight is 247 g/mol. The number of benzene rings is 1. The number of rotatable bonds is 6. The number of hydrogen-bond acceptors (Lipinski definition) is 2. The monoisotopic (exact) mass is 247 g/mol. The molecule has 3 nitrogen and oxygen atoms in total. The standard InChI is InChI=1S/C15H21NO2/c1-11(17)7-10-14(18)16-15(13-8-9-13)12-5-3-2-4-6-12/h2-6,11,13,15,17H,7-10H2,1H3,(H,16,18). The first-order chi connectivity index (χ1) is 8.66. The van der Waals surface area contributed by atoms with Gasteiger partial charge in [0.15, 0.2) is 0 Å². The largest absolute Gasteiger partial charge is 0.393 e. The van der Waals surface area contributed by atoms with Crippen LogP contribution >= 0.6 is 0 Å². The number of nitrogens with one attached hydrogen (secondary N) is 1. The van der Waals surface area contributed by atoms with E-state index < -0.39 is 6.10 Å². The van der Waals surface area contributed by atoms with E-state index in [1.165, 1.54) is 18.4 Å². The Hall–Kier alpha value is -1.35. The molecule has 98 valence electrons. The van der Waals surface area contributed by atoms with Crippen LogP contribution < -0.4 is 5.32 Å². The van der Waals surface area contributed by atoms with Gasteiger partial charge in [-0.1, -0.05) is 30.3 Å². The highest BCUT2D eigenvalue weighted by Crippen LogP contribution is 2.40. The maximum absolute atomic E-state index is 11.8. The molecule has 2 unspecified atom stereocenters. The van der Waals surface area contributed by atoms with Gasteiger partial charge in [0.1, 0.15) is 0 Å². The molecule has 1 saturated carbocycles. The first-order valence-electron chi connectivity index (χ1n) is 6.69. The lowest BCUT2D eigenvalue weighted by Crippen LogP contribution is -2.30. The molecule has 1 aliphatic rings. The topological polar surface area (TPSA) is 49.3 Å². The Morgan fingerprint density at radius 3 is 2.61 bits per heavy atom. The van der Waals surface area contributed by atoms with E-state index in [0.29, 0.717) is 18.8 Å².